The van der Waals surface area contributed by atoms with Gasteiger partial charge in [0.2, 0.25) is 6.10 Å². The SMILES string of the molecule is COc1c(I)cc(OC(CS(=O)(=O)O)C(F)(F)F)cc1I. The van der Waals surface area contributed by atoms with E-state index in [9.17, 15) is 21.6 Å². The van der Waals surface area contributed by atoms with Gasteiger partial charge in [-0.15, -0.1) is 0 Å². The maximum absolute atomic E-state index is 12.8. The number of alkyl halides is 3. The Morgan fingerprint density at radius 1 is 1.29 bits per heavy atom. The van der Waals surface area contributed by atoms with Crippen molar-refractivity contribution in [2.24, 2.45) is 0 Å². The summed E-state index contributed by atoms with van der Waals surface area (Å²) in [5, 5.41) is 0. The fraction of sp³-hybridized carbons (Fsp3) is 0.400. The summed E-state index contributed by atoms with van der Waals surface area (Å²) >= 11 is 3.70. The molecule has 1 aromatic carbocycles. The molecule has 5 nitrogen and oxygen atoms in total. The summed E-state index contributed by atoms with van der Waals surface area (Å²) in [7, 11) is -3.42. The van der Waals surface area contributed by atoms with Gasteiger partial charge >= 0.3 is 6.18 Å². The van der Waals surface area contributed by atoms with E-state index < -0.39 is 28.2 Å². The molecule has 0 fully saturated rings. The van der Waals surface area contributed by atoms with Crippen LogP contribution in [0.5, 0.6) is 11.5 Å². The van der Waals surface area contributed by atoms with Crippen molar-refractivity contribution in [3.8, 4) is 11.5 Å². The second kappa shape index (κ2) is 7.04. The lowest BCUT2D eigenvalue weighted by Gasteiger charge is -2.21. The average Bonchev–Trinajstić information content (AvgIpc) is 2.24. The van der Waals surface area contributed by atoms with Crippen molar-refractivity contribution in [3.05, 3.63) is 19.3 Å². The minimum absolute atomic E-state index is 0.171. The highest BCUT2D eigenvalue weighted by Gasteiger charge is 2.44. The van der Waals surface area contributed by atoms with Gasteiger partial charge in [-0.05, 0) is 57.3 Å². The van der Waals surface area contributed by atoms with Crippen LogP contribution >= 0.6 is 45.2 Å². The van der Waals surface area contributed by atoms with E-state index in [1.54, 1.807) is 0 Å². The van der Waals surface area contributed by atoms with Crippen LogP contribution in [0.25, 0.3) is 0 Å². The molecule has 21 heavy (non-hydrogen) atoms. The summed E-state index contributed by atoms with van der Waals surface area (Å²) in [4.78, 5) is 0. The topological polar surface area (TPSA) is 72.8 Å². The Morgan fingerprint density at radius 2 is 1.76 bits per heavy atom. The molecule has 1 unspecified atom stereocenters. The molecule has 120 valence electrons. The van der Waals surface area contributed by atoms with Crippen molar-refractivity contribution in [1.29, 1.82) is 0 Å². The molecule has 0 aliphatic carbocycles. The van der Waals surface area contributed by atoms with Crippen LogP contribution < -0.4 is 9.47 Å². The first-order chi connectivity index (χ1) is 9.44. The van der Waals surface area contributed by atoms with Crippen LogP contribution in [-0.2, 0) is 10.1 Å². The predicted octanol–water partition coefficient (Wildman–Crippen LogP) is 3.10. The molecule has 0 aliphatic heterocycles. The first-order valence-electron chi connectivity index (χ1n) is 5.15. The smallest absolute Gasteiger partial charge is 0.426 e. The van der Waals surface area contributed by atoms with Gasteiger partial charge < -0.3 is 9.47 Å². The number of hydrogen-bond acceptors (Lipinski definition) is 4. The molecule has 0 aromatic heterocycles. The highest BCUT2D eigenvalue weighted by molar-refractivity contribution is 14.1. The van der Waals surface area contributed by atoms with Gasteiger partial charge in [0.25, 0.3) is 10.1 Å². The van der Waals surface area contributed by atoms with Crippen LogP contribution in [0.2, 0.25) is 0 Å². The number of ether oxygens (including phenoxy) is 2. The van der Waals surface area contributed by atoms with Crippen molar-refractivity contribution >= 4 is 55.3 Å². The minimum atomic E-state index is -4.94. The van der Waals surface area contributed by atoms with Crippen LogP contribution in [0, 0.1) is 7.14 Å². The minimum Gasteiger partial charge on any atom is -0.495 e. The third-order valence-electron chi connectivity index (χ3n) is 2.18. The zero-order valence-corrected chi connectivity index (χ0v) is 15.4. The van der Waals surface area contributed by atoms with Gasteiger partial charge in [0.1, 0.15) is 17.3 Å². The summed E-state index contributed by atoms with van der Waals surface area (Å²) in [6.07, 6.45) is -7.60. The van der Waals surface area contributed by atoms with Crippen molar-refractivity contribution in [1.82, 2.24) is 0 Å². The summed E-state index contributed by atoms with van der Waals surface area (Å²) in [5.74, 6) is -1.27. The van der Waals surface area contributed by atoms with Crippen LogP contribution in [0.1, 0.15) is 0 Å². The van der Waals surface area contributed by atoms with E-state index in [1.807, 2.05) is 45.2 Å². The lowest BCUT2D eigenvalue weighted by molar-refractivity contribution is -0.188. The van der Waals surface area contributed by atoms with Crippen molar-refractivity contribution in [2.75, 3.05) is 12.9 Å². The van der Waals surface area contributed by atoms with Gasteiger partial charge in [0.15, 0.2) is 0 Å². The zero-order valence-electron chi connectivity index (χ0n) is 10.3. The third-order valence-corrected chi connectivity index (χ3v) is 4.51. The fourth-order valence-corrected chi connectivity index (χ4v) is 4.14. The van der Waals surface area contributed by atoms with E-state index in [4.69, 9.17) is 9.29 Å². The molecule has 1 N–H and O–H groups in total. The molecule has 1 atom stereocenters. The highest BCUT2D eigenvalue weighted by atomic mass is 127. The summed E-state index contributed by atoms with van der Waals surface area (Å²) < 4.78 is 78.9. The van der Waals surface area contributed by atoms with Crippen LogP contribution in [-0.4, -0.2) is 38.1 Å². The number of hydrogen-bond donors (Lipinski definition) is 1. The van der Waals surface area contributed by atoms with E-state index in [0.717, 1.165) is 0 Å². The number of benzene rings is 1. The molecule has 0 saturated carbocycles. The first-order valence-corrected chi connectivity index (χ1v) is 8.92. The van der Waals surface area contributed by atoms with Crippen LogP contribution in [0.15, 0.2) is 12.1 Å². The second-order valence-electron chi connectivity index (χ2n) is 3.82. The first kappa shape index (κ1) is 19.0. The van der Waals surface area contributed by atoms with E-state index in [2.05, 4.69) is 4.74 Å². The van der Waals surface area contributed by atoms with Gasteiger partial charge in [0, 0.05) is 0 Å². The van der Waals surface area contributed by atoms with E-state index in [1.165, 1.54) is 19.2 Å². The van der Waals surface area contributed by atoms with Crippen LogP contribution in [0.3, 0.4) is 0 Å². The lowest BCUT2D eigenvalue weighted by atomic mass is 10.3. The fourth-order valence-electron chi connectivity index (χ4n) is 1.35. The van der Waals surface area contributed by atoms with Crippen molar-refractivity contribution in [2.45, 2.75) is 12.3 Å². The normalized spacial score (nSPS) is 13.9. The number of halogens is 5. The molecule has 0 amide bonds. The molecule has 0 spiro atoms. The Balaban J connectivity index is 3.10. The third kappa shape index (κ3) is 5.94. The molecule has 0 bridgehead atoms. The summed E-state index contributed by atoms with van der Waals surface area (Å²) in [6, 6.07) is 2.56. The van der Waals surface area contributed by atoms with Gasteiger partial charge in [-0.25, -0.2) is 0 Å². The van der Waals surface area contributed by atoms with Gasteiger partial charge in [-0.2, -0.15) is 21.6 Å². The predicted molar refractivity (Wildman–Crippen MR) is 85.3 cm³/mol. The number of rotatable bonds is 5. The molecule has 0 radical (unpaired) electrons. The maximum atomic E-state index is 12.8. The Kier molecular flexibility index (Phi) is 6.38. The van der Waals surface area contributed by atoms with Crippen LogP contribution in [0.4, 0.5) is 13.2 Å². The van der Waals surface area contributed by atoms with E-state index in [0.29, 0.717) is 12.9 Å². The van der Waals surface area contributed by atoms with Gasteiger partial charge in [0.05, 0.1) is 14.3 Å². The molecule has 0 heterocycles. The molecule has 0 aliphatic rings. The summed E-state index contributed by atoms with van der Waals surface area (Å²) in [5.41, 5.74) is 0. The van der Waals surface area contributed by atoms with Crippen molar-refractivity contribution < 1.29 is 35.6 Å². The Hall–Kier alpha value is -0.0200. The largest absolute Gasteiger partial charge is 0.495 e. The summed E-state index contributed by atoms with van der Waals surface area (Å²) in [6.45, 7) is 0. The lowest BCUT2D eigenvalue weighted by Crippen LogP contribution is -2.40. The Labute approximate surface area is 146 Å². The maximum Gasteiger partial charge on any atom is 0.426 e. The highest BCUT2D eigenvalue weighted by Crippen LogP contribution is 2.34. The quantitative estimate of drug-likeness (QED) is 0.450. The second-order valence-corrected chi connectivity index (χ2v) is 7.64. The Morgan fingerprint density at radius 3 is 2.10 bits per heavy atom. The van der Waals surface area contributed by atoms with Gasteiger partial charge in [-0.3, -0.25) is 4.55 Å². The molecule has 0 saturated heterocycles. The zero-order chi connectivity index (χ0) is 16.4. The average molecular weight is 552 g/mol. The monoisotopic (exact) mass is 552 g/mol. The molecular weight excluding hydrogens is 543 g/mol. The molecule has 11 heteroatoms. The molecular formula is C10H9F3I2O5S. The van der Waals surface area contributed by atoms with Crippen molar-refractivity contribution in [3.63, 3.8) is 0 Å². The Bertz CT molecular complexity index is 595. The van der Waals surface area contributed by atoms with Gasteiger partial charge in [-0.1, -0.05) is 0 Å². The molecule has 1 aromatic rings. The molecule has 1 rings (SSSR count). The standard InChI is InChI=1S/C10H9F3I2O5S/c1-19-9-6(14)2-5(3-7(9)15)20-8(10(11,12)13)4-21(16,17)18/h2-3,8H,4H2,1H3,(H,16,17,18). The van der Waals surface area contributed by atoms with E-state index in [-0.39, 0.29) is 5.75 Å². The van der Waals surface area contributed by atoms with E-state index >= 15 is 0 Å². The number of methoxy groups -OCH3 is 1.